The molecule has 4 rings (SSSR count). The number of hydrogen-bond donors (Lipinski definition) is 2. The molecule has 0 saturated heterocycles. The number of pyridine rings is 1. The molecular formula is C14H14N4O. The zero-order valence-electron chi connectivity index (χ0n) is 10.4. The van der Waals surface area contributed by atoms with E-state index in [9.17, 15) is 4.79 Å². The topological polar surface area (TPSA) is 59.0 Å². The Morgan fingerprint density at radius 1 is 1.42 bits per heavy atom. The summed E-state index contributed by atoms with van der Waals surface area (Å²) in [7, 11) is 0. The maximum Gasteiger partial charge on any atom is 0.253 e. The number of fused-ring (bicyclic) bond motifs is 2. The first-order valence-electron chi connectivity index (χ1n) is 6.47. The number of carbonyl (C=O) groups is 1. The van der Waals surface area contributed by atoms with Crippen LogP contribution in [0.2, 0.25) is 0 Å². The van der Waals surface area contributed by atoms with E-state index < -0.39 is 0 Å². The third kappa shape index (κ3) is 1.58. The van der Waals surface area contributed by atoms with Gasteiger partial charge in [-0.2, -0.15) is 0 Å². The van der Waals surface area contributed by atoms with Gasteiger partial charge in [-0.25, -0.2) is 0 Å². The van der Waals surface area contributed by atoms with Crippen LogP contribution in [0.25, 0.3) is 0 Å². The van der Waals surface area contributed by atoms with Crippen LogP contribution >= 0.6 is 0 Å². The van der Waals surface area contributed by atoms with Crippen molar-refractivity contribution in [2.24, 2.45) is 0 Å². The lowest BCUT2D eigenvalue weighted by Gasteiger charge is -2.15. The average molecular weight is 254 g/mol. The van der Waals surface area contributed by atoms with E-state index in [-0.39, 0.29) is 11.9 Å². The fourth-order valence-corrected chi connectivity index (χ4v) is 2.91. The molecule has 5 heteroatoms. The maximum atomic E-state index is 11.9. The molecule has 0 aliphatic carbocycles. The van der Waals surface area contributed by atoms with Crippen molar-refractivity contribution in [2.45, 2.75) is 19.1 Å². The fraction of sp³-hybridized carbons (Fsp3) is 0.286. The summed E-state index contributed by atoms with van der Waals surface area (Å²) in [4.78, 5) is 15.9. The van der Waals surface area contributed by atoms with Crippen molar-refractivity contribution in [3.63, 3.8) is 0 Å². The first-order chi connectivity index (χ1) is 9.33. The number of carbonyl (C=O) groups excluding carboxylic acids is 1. The maximum absolute atomic E-state index is 11.9. The van der Waals surface area contributed by atoms with Crippen LogP contribution in [0.3, 0.4) is 0 Å². The van der Waals surface area contributed by atoms with Gasteiger partial charge in [0.05, 0.1) is 11.6 Å². The van der Waals surface area contributed by atoms with E-state index in [0.717, 1.165) is 30.8 Å². The molecule has 2 aromatic heterocycles. The second-order valence-corrected chi connectivity index (χ2v) is 5.00. The van der Waals surface area contributed by atoms with E-state index in [2.05, 4.69) is 32.4 Å². The summed E-state index contributed by atoms with van der Waals surface area (Å²) in [5.41, 5.74) is 4.14. The zero-order chi connectivity index (χ0) is 12.8. The standard InChI is InChI=1S/C14H14N4O/c19-14-12-7-15-2-1-11(12)13(17-14)9-5-10-6-16-3-4-18(10)8-9/h1-2,5,7-8,13,16H,3-4,6H2,(H,17,19). The van der Waals surface area contributed by atoms with Crippen LogP contribution in [0.5, 0.6) is 0 Å². The number of rotatable bonds is 1. The van der Waals surface area contributed by atoms with Gasteiger partial charge in [-0.05, 0) is 23.3 Å². The average Bonchev–Trinajstić information content (AvgIpc) is 3.01. The minimum Gasteiger partial charge on any atom is -0.349 e. The Morgan fingerprint density at radius 2 is 2.37 bits per heavy atom. The quantitative estimate of drug-likeness (QED) is 0.792. The van der Waals surface area contributed by atoms with Gasteiger partial charge in [0.1, 0.15) is 0 Å². The van der Waals surface area contributed by atoms with E-state index >= 15 is 0 Å². The number of hydrogen-bond acceptors (Lipinski definition) is 3. The summed E-state index contributed by atoms with van der Waals surface area (Å²) in [6.07, 6.45) is 5.53. The Morgan fingerprint density at radius 3 is 3.26 bits per heavy atom. The lowest BCUT2D eigenvalue weighted by molar-refractivity contribution is 0.0960. The van der Waals surface area contributed by atoms with Crippen molar-refractivity contribution in [1.82, 2.24) is 20.2 Å². The molecule has 1 unspecified atom stereocenters. The molecule has 5 nitrogen and oxygen atoms in total. The molecule has 2 aliphatic rings. The summed E-state index contributed by atoms with van der Waals surface area (Å²) >= 11 is 0. The molecule has 4 heterocycles. The first kappa shape index (κ1) is 10.8. The summed E-state index contributed by atoms with van der Waals surface area (Å²) in [6, 6.07) is 4.06. The summed E-state index contributed by atoms with van der Waals surface area (Å²) in [6.45, 7) is 2.88. The van der Waals surface area contributed by atoms with Crippen molar-refractivity contribution >= 4 is 5.91 Å². The highest BCUT2D eigenvalue weighted by Crippen LogP contribution is 2.31. The number of nitrogens with zero attached hydrogens (tertiary/aromatic N) is 2. The number of nitrogens with one attached hydrogen (secondary N) is 2. The van der Waals surface area contributed by atoms with E-state index in [4.69, 9.17) is 0 Å². The Balaban J connectivity index is 1.78. The van der Waals surface area contributed by atoms with E-state index in [1.165, 1.54) is 5.69 Å². The van der Waals surface area contributed by atoms with Crippen LogP contribution in [0, 0.1) is 0 Å². The predicted molar refractivity (Wildman–Crippen MR) is 69.7 cm³/mol. The molecule has 96 valence electrons. The lowest BCUT2D eigenvalue weighted by Crippen LogP contribution is -2.27. The summed E-state index contributed by atoms with van der Waals surface area (Å²) in [5, 5.41) is 6.39. The third-order valence-corrected chi connectivity index (χ3v) is 3.86. The minimum absolute atomic E-state index is 0.0320. The highest BCUT2D eigenvalue weighted by Gasteiger charge is 2.30. The van der Waals surface area contributed by atoms with E-state index in [1.807, 2.05) is 6.07 Å². The van der Waals surface area contributed by atoms with Gasteiger partial charge in [0.2, 0.25) is 0 Å². The van der Waals surface area contributed by atoms with Crippen molar-refractivity contribution in [3.8, 4) is 0 Å². The molecule has 0 fully saturated rings. The molecule has 0 saturated carbocycles. The smallest absolute Gasteiger partial charge is 0.253 e. The van der Waals surface area contributed by atoms with Gasteiger partial charge < -0.3 is 15.2 Å². The van der Waals surface area contributed by atoms with Gasteiger partial charge in [0.25, 0.3) is 5.91 Å². The Kier molecular flexibility index (Phi) is 2.22. The Labute approximate surface area is 110 Å². The monoisotopic (exact) mass is 254 g/mol. The molecule has 2 N–H and O–H groups in total. The van der Waals surface area contributed by atoms with Crippen LogP contribution in [0.1, 0.15) is 33.2 Å². The Bertz CT molecular complexity index is 638. The molecule has 19 heavy (non-hydrogen) atoms. The van der Waals surface area contributed by atoms with Crippen LogP contribution in [-0.4, -0.2) is 22.0 Å². The van der Waals surface area contributed by atoms with Crippen molar-refractivity contribution in [2.75, 3.05) is 6.54 Å². The molecule has 2 aliphatic heterocycles. The number of amides is 1. The molecule has 1 amide bonds. The second-order valence-electron chi connectivity index (χ2n) is 5.00. The molecule has 0 aromatic carbocycles. The Hall–Kier alpha value is -2.14. The highest BCUT2D eigenvalue weighted by molar-refractivity contribution is 5.99. The van der Waals surface area contributed by atoms with Gasteiger partial charge in [-0.1, -0.05) is 0 Å². The third-order valence-electron chi connectivity index (χ3n) is 3.86. The normalized spacial score (nSPS) is 20.8. The summed E-state index contributed by atoms with van der Waals surface area (Å²) < 4.78 is 2.26. The van der Waals surface area contributed by atoms with E-state index in [1.54, 1.807) is 12.4 Å². The largest absolute Gasteiger partial charge is 0.349 e. The van der Waals surface area contributed by atoms with Crippen molar-refractivity contribution < 1.29 is 4.79 Å². The highest BCUT2D eigenvalue weighted by atomic mass is 16.2. The minimum atomic E-state index is -0.0383. The lowest BCUT2D eigenvalue weighted by atomic mass is 10.0. The van der Waals surface area contributed by atoms with Crippen molar-refractivity contribution in [3.05, 3.63) is 53.1 Å². The van der Waals surface area contributed by atoms with Gasteiger partial charge in [-0.3, -0.25) is 9.78 Å². The second kappa shape index (κ2) is 3.93. The van der Waals surface area contributed by atoms with Crippen molar-refractivity contribution in [1.29, 1.82) is 0 Å². The van der Waals surface area contributed by atoms with Crippen LogP contribution in [0.15, 0.2) is 30.7 Å². The first-order valence-corrected chi connectivity index (χ1v) is 6.47. The van der Waals surface area contributed by atoms with Gasteiger partial charge in [0, 0.05) is 43.9 Å². The SMILES string of the molecule is O=C1NC(c2cc3n(c2)CCNC3)c2ccncc21. The molecule has 0 spiro atoms. The van der Waals surface area contributed by atoms with Crippen LogP contribution in [0.4, 0.5) is 0 Å². The molecule has 0 bridgehead atoms. The molecular weight excluding hydrogens is 240 g/mol. The fourth-order valence-electron chi connectivity index (χ4n) is 2.91. The summed E-state index contributed by atoms with van der Waals surface area (Å²) in [5.74, 6) is -0.0320. The molecule has 0 radical (unpaired) electrons. The zero-order valence-corrected chi connectivity index (χ0v) is 10.4. The predicted octanol–water partition coefficient (Wildman–Crippen LogP) is 0.819. The van der Waals surface area contributed by atoms with Gasteiger partial charge in [0.15, 0.2) is 0 Å². The number of aromatic nitrogens is 2. The van der Waals surface area contributed by atoms with E-state index in [0.29, 0.717) is 5.56 Å². The van der Waals surface area contributed by atoms with Crippen LogP contribution in [-0.2, 0) is 13.1 Å². The molecule has 1 atom stereocenters. The van der Waals surface area contributed by atoms with Gasteiger partial charge in [-0.15, -0.1) is 0 Å². The molecule has 2 aromatic rings. The van der Waals surface area contributed by atoms with Gasteiger partial charge >= 0.3 is 0 Å². The van der Waals surface area contributed by atoms with Crippen LogP contribution < -0.4 is 10.6 Å².